The minimum atomic E-state index is 1.09. The molecule has 0 heterocycles. The summed E-state index contributed by atoms with van der Waals surface area (Å²) >= 11 is 0. The number of anilines is 3. The predicted octanol–water partition coefficient (Wildman–Crippen LogP) is 15.2. The van der Waals surface area contributed by atoms with Crippen molar-refractivity contribution in [3.8, 4) is 66.8 Å². The molecular formula is C54H39N. The van der Waals surface area contributed by atoms with Gasteiger partial charge in [-0.05, 0) is 103 Å². The molecule has 0 bridgehead atoms. The Labute approximate surface area is 324 Å². The summed E-state index contributed by atoms with van der Waals surface area (Å²) in [6, 6.07) is 85.1. The molecule has 0 atom stereocenters. The van der Waals surface area contributed by atoms with Gasteiger partial charge in [-0.3, -0.25) is 0 Å². The van der Waals surface area contributed by atoms with Gasteiger partial charge in [0, 0.05) is 17.1 Å². The Morgan fingerprint density at radius 2 is 0.455 bits per heavy atom. The second-order valence-corrected chi connectivity index (χ2v) is 13.8. The topological polar surface area (TPSA) is 3.24 Å². The maximum Gasteiger partial charge on any atom is 0.0474 e. The fraction of sp³-hybridized carbons (Fsp3) is 0. The van der Waals surface area contributed by atoms with E-state index < -0.39 is 0 Å². The first-order valence-electron chi connectivity index (χ1n) is 18.8. The van der Waals surface area contributed by atoms with Crippen molar-refractivity contribution in [3.63, 3.8) is 0 Å². The van der Waals surface area contributed by atoms with E-state index in [1.165, 1.54) is 66.8 Å². The van der Waals surface area contributed by atoms with Crippen LogP contribution in [0, 0.1) is 0 Å². The van der Waals surface area contributed by atoms with Crippen LogP contribution in [0.3, 0.4) is 0 Å². The molecular weight excluding hydrogens is 663 g/mol. The molecule has 0 radical (unpaired) electrons. The van der Waals surface area contributed by atoms with E-state index in [-0.39, 0.29) is 0 Å². The Kier molecular flexibility index (Phi) is 9.41. The van der Waals surface area contributed by atoms with E-state index in [1.807, 2.05) is 0 Å². The van der Waals surface area contributed by atoms with Crippen LogP contribution in [-0.2, 0) is 0 Å². The molecule has 0 spiro atoms. The van der Waals surface area contributed by atoms with Gasteiger partial charge in [0.1, 0.15) is 0 Å². The van der Waals surface area contributed by atoms with Gasteiger partial charge in [0.15, 0.2) is 0 Å². The number of hydrogen-bond donors (Lipinski definition) is 0. The van der Waals surface area contributed by atoms with E-state index in [0.717, 1.165) is 17.1 Å². The first-order chi connectivity index (χ1) is 27.3. The standard InChI is InChI=1S/C54H39N/c1-6-16-40(17-7-1)43-26-28-48(29-27-43)54-52(46-22-12-4-13-23-46)38-51(39-53(54)47-24-14-5-15-25-47)55(49-34-30-44(31-35-49)41-18-8-2-9-19-41)50-36-32-45(33-37-50)42-20-10-3-11-21-42/h1-39H. The van der Waals surface area contributed by atoms with Gasteiger partial charge in [0.05, 0.1) is 0 Å². The third-order valence-electron chi connectivity index (χ3n) is 10.3. The van der Waals surface area contributed by atoms with Crippen molar-refractivity contribution in [2.24, 2.45) is 0 Å². The molecule has 260 valence electrons. The molecule has 0 N–H and O–H groups in total. The summed E-state index contributed by atoms with van der Waals surface area (Å²) in [6.07, 6.45) is 0. The fourth-order valence-electron chi connectivity index (χ4n) is 7.53. The summed E-state index contributed by atoms with van der Waals surface area (Å²) in [5.74, 6) is 0. The summed E-state index contributed by atoms with van der Waals surface area (Å²) in [6.45, 7) is 0. The average molecular weight is 702 g/mol. The molecule has 1 heteroatoms. The van der Waals surface area contributed by atoms with Crippen LogP contribution in [0.2, 0.25) is 0 Å². The monoisotopic (exact) mass is 701 g/mol. The molecule has 9 aromatic rings. The van der Waals surface area contributed by atoms with Crippen molar-refractivity contribution in [2.75, 3.05) is 4.90 Å². The van der Waals surface area contributed by atoms with Crippen LogP contribution in [0.25, 0.3) is 66.8 Å². The number of hydrogen-bond acceptors (Lipinski definition) is 1. The Morgan fingerprint density at radius 1 is 0.200 bits per heavy atom. The van der Waals surface area contributed by atoms with Crippen molar-refractivity contribution >= 4 is 17.1 Å². The average Bonchev–Trinajstić information content (AvgIpc) is 3.28. The Balaban J connectivity index is 1.26. The summed E-state index contributed by atoms with van der Waals surface area (Å²) in [7, 11) is 0. The first kappa shape index (κ1) is 33.6. The van der Waals surface area contributed by atoms with Gasteiger partial charge < -0.3 is 4.90 Å². The minimum Gasteiger partial charge on any atom is -0.310 e. The maximum absolute atomic E-state index is 2.39. The summed E-state index contributed by atoms with van der Waals surface area (Å²) in [4.78, 5) is 2.39. The van der Waals surface area contributed by atoms with Crippen LogP contribution < -0.4 is 4.90 Å². The Hall–Kier alpha value is -7.22. The Morgan fingerprint density at radius 3 is 0.782 bits per heavy atom. The van der Waals surface area contributed by atoms with Gasteiger partial charge in [-0.15, -0.1) is 0 Å². The summed E-state index contributed by atoms with van der Waals surface area (Å²) < 4.78 is 0. The molecule has 0 saturated carbocycles. The highest BCUT2D eigenvalue weighted by molar-refractivity contribution is 5.99. The largest absolute Gasteiger partial charge is 0.310 e. The van der Waals surface area contributed by atoms with Crippen LogP contribution in [0.15, 0.2) is 237 Å². The zero-order valence-corrected chi connectivity index (χ0v) is 30.5. The van der Waals surface area contributed by atoms with Crippen LogP contribution >= 0.6 is 0 Å². The molecule has 0 amide bonds. The molecule has 55 heavy (non-hydrogen) atoms. The zero-order chi connectivity index (χ0) is 36.8. The number of benzene rings is 9. The van der Waals surface area contributed by atoms with E-state index in [0.29, 0.717) is 0 Å². The van der Waals surface area contributed by atoms with Crippen molar-refractivity contribution < 1.29 is 0 Å². The molecule has 9 rings (SSSR count). The zero-order valence-electron chi connectivity index (χ0n) is 30.5. The van der Waals surface area contributed by atoms with Gasteiger partial charge in [-0.2, -0.15) is 0 Å². The first-order valence-corrected chi connectivity index (χ1v) is 18.8. The van der Waals surface area contributed by atoms with Gasteiger partial charge in [0.25, 0.3) is 0 Å². The molecule has 0 unspecified atom stereocenters. The van der Waals surface area contributed by atoms with Crippen molar-refractivity contribution in [1.82, 2.24) is 0 Å². The van der Waals surface area contributed by atoms with Crippen LogP contribution in [-0.4, -0.2) is 0 Å². The smallest absolute Gasteiger partial charge is 0.0474 e. The van der Waals surface area contributed by atoms with E-state index in [1.54, 1.807) is 0 Å². The van der Waals surface area contributed by atoms with E-state index in [4.69, 9.17) is 0 Å². The predicted molar refractivity (Wildman–Crippen MR) is 234 cm³/mol. The van der Waals surface area contributed by atoms with Gasteiger partial charge in [-0.1, -0.05) is 200 Å². The molecule has 1 nitrogen and oxygen atoms in total. The normalized spacial score (nSPS) is 10.9. The number of nitrogens with zero attached hydrogens (tertiary/aromatic N) is 1. The van der Waals surface area contributed by atoms with Crippen LogP contribution in [0.5, 0.6) is 0 Å². The quantitative estimate of drug-likeness (QED) is 0.145. The highest BCUT2D eigenvalue weighted by Gasteiger charge is 2.21. The fourth-order valence-corrected chi connectivity index (χ4v) is 7.53. The summed E-state index contributed by atoms with van der Waals surface area (Å²) in [5.41, 5.74) is 17.5. The molecule has 0 aliphatic rings. The van der Waals surface area contributed by atoms with Crippen molar-refractivity contribution in [2.45, 2.75) is 0 Å². The van der Waals surface area contributed by atoms with Crippen LogP contribution in [0.1, 0.15) is 0 Å². The van der Waals surface area contributed by atoms with E-state index in [2.05, 4.69) is 241 Å². The second kappa shape index (κ2) is 15.4. The SMILES string of the molecule is c1ccc(-c2ccc(-c3c(-c4ccccc4)cc(N(c4ccc(-c5ccccc5)cc4)c4ccc(-c5ccccc5)cc4)cc3-c3ccccc3)cc2)cc1. The van der Waals surface area contributed by atoms with Gasteiger partial charge >= 0.3 is 0 Å². The minimum absolute atomic E-state index is 1.09. The summed E-state index contributed by atoms with van der Waals surface area (Å²) in [5, 5.41) is 0. The van der Waals surface area contributed by atoms with Crippen molar-refractivity contribution in [3.05, 3.63) is 237 Å². The molecule has 0 saturated heterocycles. The van der Waals surface area contributed by atoms with E-state index >= 15 is 0 Å². The van der Waals surface area contributed by atoms with E-state index in [9.17, 15) is 0 Å². The second-order valence-electron chi connectivity index (χ2n) is 13.8. The molecule has 0 aromatic heterocycles. The lowest BCUT2D eigenvalue weighted by molar-refractivity contribution is 1.28. The van der Waals surface area contributed by atoms with Gasteiger partial charge in [0.2, 0.25) is 0 Å². The molecule has 9 aromatic carbocycles. The maximum atomic E-state index is 2.39. The van der Waals surface area contributed by atoms with Crippen LogP contribution in [0.4, 0.5) is 17.1 Å². The number of rotatable bonds is 9. The third kappa shape index (κ3) is 7.12. The lowest BCUT2D eigenvalue weighted by Crippen LogP contribution is -2.11. The lowest BCUT2D eigenvalue weighted by atomic mass is 9.86. The molecule has 0 aliphatic heterocycles. The highest BCUT2D eigenvalue weighted by Crippen LogP contribution is 2.46. The molecule has 0 aliphatic carbocycles. The third-order valence-corrected chi connectivity index (χ3v) is 10.3. The molecule has 0 fully saturated rings. The highest BCUT2D eigenvalue weighted by atomic mass is 15.1. The Bertz CT molecular complexity index is 2470. The van der Waals surface area contributed by atoms with Crippen molar-refractivity contribution in [1.29, 1.82) is 0 Å². The lowest BCUT2D eigenvalue weighted by Gasteiger charge is -2.29. The van der Waals surface area contributed by atoms with Gasteiger partial charge in [-0.25, -0.2) is 0 Å².